The van der Waals surface area contributed by atoms with Crippen molar-refractivity contribution in [3.63, 3.8) is 0 Å². The molecule has 0 bridgehead atoms. The largest absolute Gasteiger partial charge is 0.329 e. The van der Waals surface area contributed by atoms with Crippen LogP contribution in [0.3, 0.4) is 0 Å². The molecule has 4 heterocycles. The summed E-state index contributed by atoms with van der Waals surface area (Å²) < 4.78 is 16.1. The average Bonchev–Trinajstić information content (AvgIpc) is 3.64. The van der Waals surface area contributed by atoms with E-state index < -0.39 is 0 Å². The predicted octanol–water partition coefficient (Wildman–Crippen LogP) is 5.59. The van der Waals surface area contributed by atoms with Crippen molar-refractivity contribution >= 4 is 28.6 Å². The molecular formula is C25H18FN5OS2. The average molecular weight is 488 g/mol. The van der Waals surface area contributed by atoms with Gasteiger partial charge in [-0.15, -0.1) is 32.9 Å². The van der Waals surface area contributed by atoms with Gasteiger partial charge < -0.3 is 9.47 Å². The Morgan fingerprint density at radius 2 is 1.79 bits per heavy atom. The number of fused-ring (bicyclic) bond motifs is 1. The summed E-state index contributed by atoms with van der Waals surface area (Å²) in [6.45, 7) is 1.50. The fourth-order valence-corrected chi connectivity index (χ4v) is 5.62. The van der Waals surface area contributed by atoms with Gasteiger partial charge in [-0.3, -0.25) is 4.79 Å². The van der Waals surface area contributed by atoms with Gasteiger partial charge in [-0.25, -0.2) is 9.37 Å². The number of thiophene rings is 1. The van der Waals surface area contributed by atoms with E-state index in [-0.39, 0.29) is 11.7 Å². The summed E-state index contributed by atoms with van der Waals surface area (Å²) in [6.07, 6.45) is 0. The highest BCUT2D eigenvalue weighted by Gasteiger charge is 2.26. The zero-order chi connectivity index (χ0) is 23.1. The van der Waals surface area contributed by atoms with Gasteiger partial charge in [0.05, 0.1) is 6.54 Å². The van der Waals surface area contributed by atoms with Crippen LogP contribution in [0.4, 0.5) is 4.39 Å². The van der Waals surface area contributed by atoms with E-state index in [2.05, 4.69) is 21.2 Å². The van der Waals surface area contributed by atoms with Gasteiger partial charge in [-0.2, -0.15) is 0 Å². The van der Waals surface area contributed by atoms with E-state index >= 15 is 0 Å². The summed E-state index contributed by atoms with van der Waals surface area (Å²) in [5.74, 6) is 1.03. The normalized spacial score (nSPS) is 13.1. The van der Waals surface area contributed by atoms with Crippen LogP contribution in [0.15, 0.2) is 71.4 Å². The fraction of sp³-hybridized carbons (Fsp3) is 0.120. The molecule has 3 aromatic heterocycles. The number of rotatable bonds is 4. The zero-order valence-electron chi connectivity index (χ0n) is 17.9. The van der Waals surface area contributed by atoms with Crippen LogP contribution in [0.25, 0.3) is 32.5 Å². The monoisotopic (exact) mass is 487 g/mol. The summed E-state index contributed by atoms with van der Waals surface area (Å²) >= 11 is 3.05. The summed E-state index contributed by atoms with van der Waals surface area (Å²) in [7, 11) is 0. The molecule has 9 heteroatoms. The Labute approximate surface area is 203 Å². The molecule has 0 unspecified atom stereocenters. The van der Waals surface area contributed by atoms with E-state index in [1.165, 1.54) is 22.3 Å². The molecule has 168 valence electrons. The van der Waals surface area contributed by atoms with Crippen LogP contribution in [0.2, 0.25) is 0 Å². The van der Waals surface area contributed by atoms with Crippen LogP contribution < -0.4 is 0 Å². The molecule has 1 amide bonds. The van der Waals surface area contributed by atoms with E-state index in [1.807, 2.05) is 45.7 Å². The minimum Gasteiger partial charge on any atom is -0.329 e. The molecule has 1 aliphatic heterocycles. The first-order valence-corrected chi connectivity index (χ1v) is 12.5. The smallest absolute Gasteiger partial charge is 0.254 e. The number of nitrogens with zero attached hydrogens (tertiary/aromatic N) is 5. The van der Waals surface area contributed by atoms with E-state index in [0.29, 0.717) is 53.1 Å². The summed E-state index contributed by atoms with van der Waals surface area (Å²) in [4.78, 5) is 20.7. The van der Waals surface area contributed by atoms with Gasteiger partial charge in [0.2, 0.25) is 0 Å². The highest BCUT2D eigenvalue weighted by Crippen LogP contribution is 2.31. The Bertz CT molecular complexity index is 1470. The molecule has 1 aliphatic rings. The zero-order valence-corrected chi connectivity index (χ0v) is 19.5. The second kappa shape index (κ2) is 8.58. The third-order valence-corrected chi connectivity index (χ3v) is 7.61. The van der Waals surface area contributed by atoms with E-state index in [4.69, 9.17) is 0 Å². The van der Waals surface area contributed by atoms with Crippen molar-refractivity contribution in [1.82, 2.24) is 24.6 Å². The molecule has 5 aromatic rings. The lowest BCUT2D eigenvalue weighted by Crippen LogP contribution is -2.38. The molecule has 6 rings (SSSR count). The van der Waals surface area contributed by atoms with Gasteiger partial charge in [-0.1, -0.05) is 30.3 Å². The quantitative estimate of drug-likeness (QED) is 0.331. The number of thiazole rings is 1. The molecule has 2 aromatic carbocycles. The van der Waals surface area contributed by atoms with Gasteiger partial charge in [0.25, 0.3) is 5.91 Å². The fourth-order valence-electron chi connectivity index (χ4n) is 4.06. The summed E-state index contributed by atoms with van der Waals surface area (Å²) in [5.41, 5.74) is 2.89. The number of carbonyl (C=O) groups excluding carboxylic acids is 1. The number of carbonyl (C=O) groups is 1. The number of hydrogen-bond acceptors (Lipinski definition) is 6. The number of benzene rings is 2. The standard InChI is InChI=1S/C25H18FN5OS2/c26-19-5-2-1-4-18(19)24-27-20(15-34-24)23-29-28-22-14-30(11-12-31(22)23)25(32)17-9-7-16(8-10-17)21-6-3-13-33-21/h1-10,13,15H,11-12,14H2. The third kappa shape index (κ3) is 3.72. The molecule has 0 saturated heterocycles. The molecule has 0 spiro atoms. The molecule has 0 N–H and O–H groups in total. The molecule has 6 nitrogen and oxygen atoms in total. The van der Waals surface area contributed by atoms with Gasteiger partial charge in [-0.05, 0) is 41.3 Å². The van der Waals surface area contributed by atoms with Crippen LogP contribution >= 0.6 is 22.7 Å². The van der Waals surface area contributed by atoms with Gasteiger partial charge in [0.15, 0.2) is 11.6 Å². The molecule has 0 saturated carbocycles. The maximum atomic E-state index is 14.1. The third-order valence-electron chi connectivity index (χ3n) is 5.82. The van der Waals surface area contributed by atoms with E-state index in [0.717, 1.165) is 5.56 Å². The Morgan fingerprint density at radius 3 is 2.59 bits per heavy atom. The van der Waals surface area contributed by atoms with E-state index in [9.17, 15) is 9.18 Å². The van der Waals surface area contributed by atoms with Crippen molar-refractivity contribution in [2.45, 2.75) is 13.1 Å². The van der Waals surface area contributed by atoms with Crippen molar-refractivity contribution in [2.75, 3.05) is 6.54 Å². The van der Waals surface area contributed by atoms with Crippen LogP contribution in [0.1, 0.15) is 16.2 Å². The van der Waals surface area contributed by atoms with Crippen molar-refractivity contribution in [3.8, 4) is 32.5 Å². The lowest BCUT2D eigenvalue weighted by Gasteiger charge is -2.27. The summed E-state index contributed by atoms with van der Waals surface area (Å²) in [6, 6.07) is 18.4. The predicted molar refractivity (Wildman–Crippen MR) is 131 cm³/mol. The number of hydrogen-bond donors (Lipinski definition) is 0. The maximum absolute atomic E-state index is 14.1. The molecule has 0 fully saturated rings. The van der Waals surface area contributed by atoms with Crippen LogP contribution in [-0.2, 0) is 13.1 Å². The second-order valence-corrected chi connectivity index (χ2v) is 9.70. The first kappa shape index (κ1) is 20.9. The van der Waals surface area contributed by atoms with Crippen molar-refractivity contribution in [3.05, 3.63) is 88.6 Å². The molecule has 34 heavy (non-hydrogen) atoms. The van der Waals surface area contributed by atoms with Crippen LogP contribution in [0, 0.1) is 5.82 Å². The van der Waals surface area contributed by atoms with Gasteiger partial charge >= 0.3 is 0 Å². The Hall–Kier alpha value is -3.69. The molecule has 0 radical (unpaired) electrons. The van der Waals surface area contributed by atoms with Crippen molar-refractivity contribution in [1.29, 1.82) is 0 Å². The molecule has 0 aliphatic carbocycles. The Balaban J connectivity index is 1.20. The lowest BCUT2D eigenvalue weighted by molar-refractivity contribution is 0.0708. The number of halogens is 1. The first-order valence-electron chi connectivity index (χ1n) is 10.7. The number of amides is 1. The summed E-state index contributed by atoms with van der Waals surface area (Å²) in [5, 5.41) is 13.2. The molecule has 0 atom stereocenters. The first-order chi connectivity index (χ1) is 16.7. The van der Waals surface area contributed by atoms with Crippen LogP contribution in [-0.4, -0.2) is 37.1 Å². The van der Waals surface area contributed by atoms with Crippen molar-refractivity contribution < 1.29 is 9.18 Å². The Morgan fingerprint density at radius 1 is 0.941 bits per heavy atom. The minimum absolute atomic E-state index is 0.0240. The SMILES string of the molecule is O=C(c1ccc(-c2cccs2)cc1)N1CCn2c(nnc2-c2csc(-c3ccccc3F)n2)C1. The van der Waals surface area contributed by atoms with Crippen molar-refractivity contribution in [2.24, 2.45) is 0 Å². The van der Waals surface area contributed by atoms with E-state index in [1.54, 1.807) is 34.4 Å². The van der Waals surface area contributed by atoms with Gasteiger partial charge in [0.1, 0.15) is 16.5 Å². The minimum atomic E-state index is -0.302. The van der Waals surface area contributed by atoms with Crippen LogP contribution in [0.5, 0.6) is 0 Å². The molecular weight excluding hydrogens is 469 g/mol. The topological polar surface area (TPSA) is 63.9 Å². The highest BCUT2D eigenvalue weighted by atomic mass is 32.1. The second-order valence-electron chi connectivity index (χ2n) is 7.89. The highest BCUT2D eigenvalue weighted by molar-refractivity contribution is 7.13. The maximum Gasteiger partial charge on any atom is 0.254 e. The lowest BCUT2D eigenvalue weighted by atomic mass is 10.1. The van der Waals surface area contributed by atoms with Gasteiger partial charge in [0, 0.05) is 34.5 Å². The Kier molecular flexibility index (Phi) is 5.27. The number of aromatic nitrogens is 4.